The fraction of sp³-hybridized carbons (Fsp3) is 0.286. The number of nitrogens with one attached hydrogen (secondary N) is 1. The number of rotatable bonds is 4. The first kappa shape index (κ1) is 18.6. The quantitative estimate of drug-likeness (QED) is 0.864. The molecule has 1 atom stereocenters. The van der Waals surface area contributed by atoms with Gasteiger partial charge in [0.2, 0.25) is 11.8 Å². The molecule has 2 amide bonds. The van der Waals surface area contributed by atoms with E-state index in [1.165, 1.54) is 17.3 Å². The van der Waals surface area contributed by atoms with Gasteiger partial charge in [-0.3, -0.25) is 14.5 Å². The molecule has 2 aliphatic heterocycles. The van der Waals surface area contributed by atoms with E-state index >= 15 is 0 Å². The topological polar surface area (TPSA) is 65.0 Å². The molecule has 0 bridgehead atoms. The predicted octanol–water partition coefficient (Wildman–Crippen LogP) is 3.37. The second-order valence-electron chi connectivity index (χ2n) is 7.02. The second kappa shape index (κ2) is 7.67. The lowest BCUT2D eigenvalue weighted by molar-refractivity contribution is -0.128. The van der Waals surface area contributed by atoms with Crippen LogP contribution in [0.2, 0.25) is 0 Å². The first-order valence-corrected chi connectivity index (χ1v) is 10.1. The maximum absolute atomic E-state index is 12.8. The van der Waals surface area contributed by atoms with Crippen LogP contribution in [0.5, 0.6) is 0 Å². The molecule has 1 saturated heterocycles. The van der Waals surface area contributed by atoms with Gasteiger partial charge in [-0.15, -0.1) is 0 Å². The molecule has 2 heterocycles. The zero-order chi connectivity index (χ0) is 19.7. The normalized spacial score (nSPS) is 18.7. The van der Waals surface area contributed by atoms with Gasteiger partial charge in [-0.1, -0.05) is 36.0 Å². The number of aryl methyl sites for hydroxylation is 2. The molecule has 1 N–H and O–H groups in total. The van der Waals surface area contributed by atoms with Gasteiger partial charge in [0, 0.05) is 17.8 Å². The smallest absolute Gasteiger partial charge is 0.244 e. The molecular formula is C21H22N4O2S. The molecule has 4 rings (SSSR count). The van der Waals surface area contributed by atoms with Crippen LogP contribution in [0.1, 0.15) is 17.5 Å². The van der Waals surface area contributed by atoms with E-state index in [4.69, 9.17) is 0 Å². The number of para-hydroxylation sites is 1. The lowest BCUT2D eigenvalue weighted by atomic mass is 10.1. The number of amides is 2. The fourth-order valence-corrected chi connectivity index (χ4v) is 4.38. The van der Waals surface area contributed by atoms with Crippen molar-refractivity contribution in [3.05, 3.63) is 59.7 Å². The molecule has 2 aliphatic rings. The fourth-order valence-electron chi connectivity index (χ4n) is 3.25. The number of benzene rings is 2. The van der Waals surface area contributed by atoms with Crippen LogP contribution in [0.3, 0.4) is 0 Å². The van der Waals surface area contributed by atoms with Crippen molar-refractivity contribution >= 4 is 40.1 Å². The summed E-state index contributed by atoms with van der Waals surface area (Å²) in [5.74, 6) is -0.214. The van der Waals surface area contributed by atoms with E-state index < -0.39 is 5.25 Å². The molecule has 2 aromatic carbocycles. The molecule has 0 radical (unpaired) electrons. The zero-order valence-corrected chi connectivity index (χ0v) is 16.7. The Morgan fingerprint density at radius 1 is 1.18 bits per heavy atom. The Morgan fingerprint density at radius 2 is 1.96 bits per heavy atom. The third-order valence-electron chi connectivity index (χ3n) is 4.99. The van der Waals surface area contributed by atoms with Crippen LogP contribution < -0.4 is 10.2 Å². The number of amidine groups is 1. The molecule has 28 heavy (non-hydrogen) atoms. The molecule has 0 aromatic heterocycles. The molecule has 1 fully saturated rings. The highest BCUT2D eigenvalue weighted by Crippen LogP contribution is 2.33. The van der Waals surface area contributed by atoms with Gasteiger partial charge in [-0.2, -0.15) is 0 Å². The zero-order valence-electron chi connectivity index (χ0n) is 15.9. The van der Waals surface area contributed by atoms with Crippen LogP contribution in [0.15, 0.2) is 53.5 Å². The Morgan fingerprint density at radius 3 is 2.71 bits per heavy atom. The van der Waals surface area contributed by atoms with Gasteiger partial charge < -0.3 is 10.2 Å². The van der Waals surface area contributed by atoms with Crippen molar-refractivity contribution in [3.8, 4) is 0 Å². The summed E-state index contributed by atoms with van der Waals surface area (Å²) in [5, 5.41) is 3.18. The summed E-state index contributed by atoms with van der Waals surface area (Å²) in [4.78, 5) is 33.5. The Hall–Kier alpha value is -2.80. The summed E-state index contributed by atoms with van der Waals surface area (Å²) in [6.45, 7) is 5.02. The summed E-state index contributed by atoms with van der Waals surface area (Å²) in [7, 11) is 0. The van der Waals surface area contributed by atoms with Gasteiger partial charge in [-0.05, 0) is 49.2 Å². The van der Waals surface area contributed by atoms with Crippen LogP contribution in [-0.2, 0) is 9.59 Å². The average Bonchev–Trinajstić information content (AvgIpc) is 3.00. The van der Waals surface area contributed by atoms with Crippen LogP contribution in [0.25, 0.3) is 0 Å². The molecule has 0 aliphatic carbocycles. The molecular weight excluding hydrogens is 372 g/mol. The lowest BCUT2D eigenvalue weighted by Gasteiger charge is -2.32. The van der Waals surface area contributed by atoms with Gasteiger partial charge in [0.25, 0.3) is 0 Å². The Kier molecular flexibility index (Phi) is 5.09. The van der Waals surface area contributed by atoms with Crippen molar-refractivity contribution in [1.82, 2.24) is 4.90 Å². The minimum absolute atomic E-state index is 0.0559. The van der Waals surface area contributed by atoms with E-state index in [1.807, 2.05) is 67.3 Å². The van der Waals surface area contributed by atoms with Crippen LogP contribution >= 0.6 is 11.8 Å². The molecule has 2 aromatic rings. The van der Waals surface area contributed by atoms with Crippen LogP contribution in [0.4, 0.5) is 11.4 Å². The number of carbonyl (C=O) groups is 2. The maximum atomic E-state index is 12.8. The summed E-state index contributed by atoms with van der Waals surface area (Å²) in [6, 6.07) is 15.7. The minimum Gasteiger partial charge on any atom is -0.334 e. The van der Waals surface area contributed by atoms with E-state index in [0.29, 0.717) is 18.5 Å². The number of carbonyl (C=O) groups excluding carboxylic acids is 2. The molecule has 0 spiro atoms. The van der Waals surface area contributed by atoms with E-state index in [1.54, 1.807) is 4.90 Å². The van der Waals surface area contributed by atoms with Gasteiger partial charge in [0.1, 0.15) is 18.6 Å². The standard InChI is InChI=1S/C21H22N4O2S/c1-14-8-9-16(10-15(14)2)23-19(26)11-18-20(27)25-13-24(12-22-21(25)28-18)17-6-4-3-5-7-17/h3-10,18H,11-13H2,1-2H3,(H,23,26)/t18-/m1/s1. The highest BCUT2D eigenvalue weighted by molar-refractivity contribution is 8.15. The summed E-state index contributed by atoms with van der Waals surface area (Å²) >= 11 is 1.38. The van der Waals surface area contributed by atoms with Crippen molar-refractivity contribution in [2.75, 3.05) is 23.6 Å². The van der Waals surface area contributed by atoms with E-state index in [9.17, 15) is 9.59 Å². The number of hydrogen-bond donors (Lipinski definition) is 1. The molecule has 6 nitrogen and oxygen atoms in total. The third kappa shape index (κ3) is 3.75. The molecule has 144 valence electrons. The van der Waals surface area contributed by atoms with Crippen molar-refractivity contribution in [2.24, 2.45) is 4.99 Å². The monoisotopic (exact) mass is 394 g/mol. The molecule has 0 unspecified atom stereocenters. The van der Waals surface area contributed by atoms with E-state index in [0.717, 1.165) is 16.9 Å². The summed E-state index contributed by atoms with van der Waals surface area (Å²) < 4.78 is 0. The predicted molar refractivity (Wildman–Crippen MR) is 113 cm³/mol. The first-order chi connectivity index (χ1) is 13.5. The van der Waals surface area contributed by atoms with Crippen LogP contribution in [0, 0.1) is 13.8 Å². The highest BCUT2D eigenvalue weighted by atomic mass is 32.2. The number of hydrogen-bond acceptors (Lipinski definition) is 5. The highest BCUT2D eigenvalue weighted by Gasteiger charge is 2.41. The summed E-state index contributed by atoms with van der Waals surface area (Å²) in [6.07, 6.45) is 0.136. The lowest BCUT2D eigenvalue weighted by Crippen LogP contribution is -2.46. The first-order valence-electron chi connectivity index (χ1n) is 9.21. The number of fused-ring (bicyclic) bond motifs is 1. The second-order valence-corrected chi connectivity index (χ2v) is 8.19. The van der Waals surface area contributed by atoms with Gasteiger partial charge >= 0.3 is 0 Å². The maximum Gasteiger partial charge on any atom is 0.244 e. The average molecular weight is 395 g/mol. The number of thioether (sulfide) groups is 1. The van der Waals surface area contributed by atoms with Gasteiger partial charge in [0.05, 0.1) is 0 Å². The van der Waals surface area contributed by atoms with Gasteiger partial charge in [0.15, 0.2) is 5.17 Å². The largest absolute Gasteiger partial charge is 0.334 e. The number of nitrogens with zero attached hydrogens (tertiary/aromatic N) is 3. The van der Waals surface area contributed by atoms with Crippen molar-refractivity contribution in [1.29, 1.82) is 0 Å². The molecule has 0 saturated carbocycles. The number of aliphatic imine (C=N–C) groups is 1. The molecule has 7 heteroatoms. The van der Waals surface area contributed by atoms with Crippen molar-refractivity contribution in [2.45, 2.75) is 25.5 Å². The Balaban J connectivity index is 1.39. The third-order valence-corrected chi connectivity index (χ3v) is 6.20. The summed E-state index contributed by atoms with van der Waals surface area (Å²) in [5.41, 5.74) is 4.09. The minimum atomic E-state index is -0.430. The van der Waals surface area contributed by atoms with Crippen molar-refractivity contribution < 1.29 is 9.59 Å². The van der Waals surface area contributed by atoms with E-state index in [2.05, 4.69) is 10.3 Å². The van der Waals surface area contributed by atoms with Gasteiger partial charge in [-0.25, -0.2) is 4.99 Å². The van der Waals surface area contributed by atoms with Crippen molar-refractivity contribution in [3.63, 3.8) is 0 Å². The van der Waals surface area contributed by atoms with E-state index in [-0.39, 0.29) is 18.2 Å². The SMILES string of the molecule is Cc1ccc(NC(=O)C[C@H]2SC3=NCN(c4ccccc4)CN3C2=O)cc1C. The Labute approximate surface area is 168 Å². The van der Waals surface area contributed by atoms with Crippen LogP contribution in [-0.4, -0.2) is 40.5 Å². The number of anilines is 2. The Bertz CT molecular complexity index is 945.